The van der Waals surface area contributed by atoms with E-state index in [0.29, 0.717) is 11.6 Å². The Morgan fingerprint density at radius 1 is 1.30 bits per heavy atom. The van der Waals surface area contributed by atoms with E-state index in [1.54, 1.807) is 0 Å². The van der Waals surface area contributed by atoms with Gasteiger partial charge in [0.05, 0.1) is 10.6 Å². The fourth-order valence-electron chi connectivity index (χ4n) is 2.22. The fraction of sp³-hybridized carbons (Fsp3) is 0.214. The molecule has 1 aromatic carbocycles. The minimum Gasteiger partial charge on any atom is -0.437 e. The maximum atomic E-state index is 10.6. The summed E-state index contributed by atoms with van der Waals surface area (Å²) in [5.74, 6) is 1.04. The molecular weight excluding hydrogens is 258 g/mol. The molecule has 0 spiro atoms. The number of hydrogen-bond donors (Lipinski definition) is 1. The quantitative estimate of drug-likeness (QED) is 0.685. The van der Waals surface area contributed by atoms with E-state index >= 15 is 0 Å². The first kappa shape index (κ1) is 12.4. The van der Waals surface area contributed by atoms with Crippen LogP contribution in [0, 0.1) is 10.1 Å². The van der Waals surface area contributed by atoms with Gasteiger partial charge in [-0.3, -0.25) is 10.1 Å². The summed E-state index contributed by atoms with van der Waals surface area (Å²) < 4.78 is 5.72. The van der Waals surface area contributed by atoms with Crippen LogP contribution in [0.2, 0.25) is 0 Å². The highest BCUT2D eigenvalue weighted by Gasteiger charge is 2.14. The van der Waals surface area contributed by atoms with E-state index in [-0.39, 0.29) is 5.69 Å². The molecule has 0 bridgehead atoms. The number of aromatic nitrogens is 1. The molecule has 0 saturated heterocycles. The number of rotatable bonds is 3. The molecule has 0 saturated carbocycles. The maximum absolute atomic E-state index is 10.6. The summed E-state index contributed by atoms with van der Waals surface area (Å²) >= 11 is 0. The van der Waals surface area contributed by atoms with Crippen molar-refractivity contribution in [1.29, 1.82) is 0 Å². The summed E-state index contributed by atoms with van der Waals surface area (Å²) in [4.78, 5) is 14.0. The SMILES string of the molecule is O=[N+]([O-])c1ccc(Oc2cccc3c2NCCC3)nc1. The smallest absolute Gasteiger partial charge is 0.287 e. The van der Waals surface area contributed by atoms with E-state index in [1.807, 2.05) is 12.1 Å². The number of anilines is 1. The van der Waals surface area contributed by atoms with Gasteiger partial charge in [-0.1, -0.05) is 12.1 Å². The molecule has 1 N–H and O–H groups in total. The molecule has 1 aliphatic heterocycles. The van der Waals surface area contributed by atoms with E-state index in [1.165, 1.54) is 23.9 Å². The van der Waals surface area contributed by atoms with E-state index in [9.17, 15) is 10.1 Å². The van der Waals surface area contributed by atoms with Crippen molar-refractivity contribution in [3.63, 3.8) is 0 Å². The van der Waals surface area contributed by atoms with Gasteiger partial charge < -0.3 is 10.1 Å². The molecule has 3 rings (SSSR count). The summed E-state index contributed by atoms with van der Waals surface area (Å²) in [5.41, 5.74) is 2.15. The van der Waals surface area contributed by atoms with Gasteiger partial charge in [-0.2, -0.15) is 0 Å². The van der Waals surface area contributed by atoms with E-state index in [4.69, 9.17) is 4.74 Å². The van der Waals surface area contributed by atoms with Gasteiger partial charge in [-0.15, -0.1) is 0 Å². The standard InChI is InChI=1S/C14H13N3O3/c18-17(19)11-6-7-13(16-9-11)20-12-5-1-3-10-4-2-8-15-14(10)12/h1,3,5-7,9,15H,2,4,8H2. The van der Waals surface area contributed by atoms with Crippen LogP contribution in [0.4, 0.5) is 11.4 Å². The summed E-state index contributed by atoms with van der Waals surface area (Å²) in [7, 11) is 0. The molecule has 6 nitrogen and oxygen atoms in total. The Bertz CT molecular complexity index is 641. The zero-order chi connectivity index (χ0) is 13.9. The number of aryl methyl sites for hydroxylation is 1. The van der Waals surface area contributed by atoms with Crippen molar-refractivity contribution in [1.82, 2.24) is 4.98 Å². The number of ether oxygens (including phenoxy) is 1. The largest absolute Gasteiger partial charge is 0.437 e. The highest BCUT2D eigenvalue weighted by Crippen LogP contribution is 2.34. The molecule has 0 amide bonds. The first-order valence-corrected chi connectivity index (χ1v) is 6.38. The Balaban J connectivity index is 1.86. The number of benzene rings is 1. The third kappa shape index (κ3) is 2.40. The monoisotopic (exact) mass is 271 g/mol. The lowest BCUT2D eigenvalue weighted by molar-refractivity contribution is -0.385. The lowest BCUT2D eigenvalue weighted by Gasteiger charge is -2.20. The highest BCUT2D eigenvalue weighted by molar-refractivity contribution is 5.64. The first-order chi connectivity index (χ1) is 9.74. The van der Waals surface area contributed by atoms with Crippen LogP contribution >= 0.6 is 0 Å². The minimum absolute atomic E-state index is 0.0504. The van der Waals surface area contributed by atoms with Crippen molar-refractivity contribution in [3.05, 3.63) is 52.2 Å². The third-order valence-corrected chi connectivity index (χ3v) is 3.18. The van der Waals surface area contributed by atoms with Gasteiger partial charge in [0.15, 0.2) is 5.75 Å². The van der Waals surface area contributed by atoms with Crippen molar-refractivity contribution >= 4 is 11.4 Å². The number of nitro groups is 1. The number of para-hydroxylation sites is 1. The molecule has 0 aliphatic carbocycles. The van der Waals surface area contributed by atoms with Crippen molar-refractivity contribution in [3.8, 4) is 11.6 Å². The number of fused-ring (bicyclic) bond motifs is 1. The molecule has 0 unspecified atom stereocenters. The van der Waals surface area contributed by atoms with Crippen molar-refractivity contribution < 1.29 is 9.66 Å². The van der Waals surface area contributed by atoms with Gasteiger partial charge in [0.25, 0.3) is 5.69 Å². The van der Waals surface area contributed by atoms with Crippen LogP contribution in [0.25, 0.3) is 0 Å². The molecule has 2 aromatic rings. The van der Waals surface area contributed by atoms with Crippen molar-refractivity contribution in [2.45, 2.75) is 12.8 Å². The van der Waals surface area contributed by atoms with Crippen LogP contribution in [-0.2, 0) is 6.42 Å². The minimum atomic E-state index is -0.483. The van der Waals surface area contributed by atoms with Gasteiger partial charge in [-0.05, 0) is 24.5 Å². The zero-order valence-corrected chi connectivity index (χ0v) is 10.7. The van der Waals surface area contributed by atoms with Crippen LogP contribution in [-0.4, -0.2) is 16.5 Å². The van der Waals surface area contributed by atoms with E-state index in [2.05, 4.69) is 16.4 Å². The summed E-state index contributed by atoms with van der Waals surface area (Å²) in [5, 5.41) is 13.9. The average Bonchev–Trinajstić information content (AvgIpc) is 2.48. The Morgan fingerprint density at radius 2 is 2.20 bits per heavy atom. The van der Waals surface area contributed by atoms with Crippen LogP contribution in [0.15, 0.2) is 36.5 Å². The summed E-state index contributed by atoms with van der Waals surface area (Å²) in [6.45, 7) is 0.918. The van der Waals surface area contributed by atoms with Crippen LogP contribution in [0.3, 0.4) is 0 Å². The molecule has 0 radical (unpaired) electrons. The second kappa shape index (κ2) is 5.16. The molecule has 1 aliphatic rings. The molecule has 102 valence electrons. The van der Waals surface area contributed by atoms with Crippen LogP contribution in [0.1, 0.15) is 12.0 Å². The van der Waals surface area contributed by atoms with E-state index in [0.717, 1.165) is 25.1 Å². The van der Waals surface area contributed by atoms with Gasteiger partial charge in [-0.25, -0.2) is 4.98 Å². The molecule has 0 fully saturated rings. The van der Waals surface area contributed by atoms with Crippen LogP contribution < -0.4 is 10.1 Å². The second-order valence-electron chi connectivity index (χ2n) is 4.53. The molecule has 6 heteroatoms. The molecule has 1 aromatic heterocycles. The topological polar surface area (TPSA) is 77.3 Å². The Labute approximate surface area is 115 Å². The second-order valence-corrected chi connectivity index (χ2v) is 4.53. The molecule has 20 heavy (non-hydrogen) atoms. The van der Waals surface area contributed by atoms with Gasteiger partial charge in [0.2, 0.25) is 5.88 Å². The van der Waals surface area contributed by atoms with E-state index < -0.39 is 4.92 Å². The Kier molecular flexibility index (Phi) is 3.20. The average molecular weight is 271 g/mol. The number of pyridine rings is 1. The molecule has 0 atom stereocenters. The predicted octanol–water partition coefficient (Wildman–Crippen LogP) is 3.14. The normalized spacial score (nSPS) is 13.2. The number of nitrogens with zero attached hydrogens (tertiary/aromatic N) is 2. The van der Waals surface area contributed by atoms with Gasteiger partial charge in [0, 0.05) is 18.7 Å². The predicted molar refractivity (Wildman–Crippen MR) is 74.2 cm³/mol. The number of hydrogen-bond acceptors (Lipinski definition) is 5. The Hall–Kier alpha value is -2.63. The zero-order valence-electron chi connectivity index (χ0n) is 10.7. The third-order valence-electron chi connectivity index (χ3n) is 3.18. The van der Waals surface area contributed by atoms with Gasteiger partial charge in [0.1, 0.15) is 6.20 Å². The lowest BCUT2D eigenvalue weighted by Crippen LogP contribution is -2.12. The van der Waals surface area contributed by atoms with Crippen LogP contribution in [0.5, 0.6) is 11.6 Å². The highest BCUT2D eigenvalue weighted by atomic mass is 16.6. The summed E-state index contributed by atoms with van der Waals surface area (Å²) in [6, 6.07) is 8.75. The first-order valence-electron chi connectivity index (χ1n) is 6.38. The molecular formula is C14H13N3O3. The maximum Gasteiger partial charge on any atom is 0.287 e. The summed E-state index contributed by atoms with van der Waals surface area (Å²) in [6.07, 6.45) is 3.32. The van der Waals surface area contributed by atoms with Gasteiger partial charge >= 0.3 is 0 Å². The van der Waals surface area contributed by atoms with Crippen molar-refractivity contribution in [2.75, 3.05) is 11.9 Å². The lowest BCUT2D eigenvalue weighted by atomic mass is 10.0. The Morgan fingerprint density at radius 3 is 2.95 bits per heavy atom. The number of nitrogens with one attached hydrogen (secondary N) is 1. The fourth-order valence-corrected chi connectivity index (χ4v) is 2.22. The van der Waals surface area contributed by atoms with Crippen molar-refractivity contribution in [2.24, 2.45) is 0 Å². The molecule has 2 heterocycles.